The van der Waals surface area contributed by atoms with Gasteiger partial charge in [-0.2, -0.15) is 0 Å². The summed E-state index contributed by atoms with van der Waals surface area (Å²) in [5.74, 6) is 0. The van der Waals surface area contributed by atoms with Crippen molar-refractivity contribution in [3.8, 4) is 11.1 Å². The summed E-state index contributed by atoms with van der Waals surface area (Å²) in [6.45, 7) is 0. The Morgan fingerprint density at radius 3 is 1.83 bits per heavy atom. The van der Waals surface area contributed by atoms with Crippen LogP contribution in [0.2, 0.25) is 0 Å². The van der Waals surface area contributed by atoms with Gasteiger partial charge in [0.1, 0.15) is 0 Å². The summed E-state index contributed by atoms with van der Waals surface area (Å²) in [5.41, 5.74) is 5.87. The largest absolute Gasteiger partial charge is 0.310 e. The van der Waals surface area contributed by atoms with Gasteiger partial charge in [-0.25, -0.2) is 0 Å². The molecule has 0 saturated carbocycles. The zero-order valence-electron chi connectivity index (χ0n) is 26.1. The molecule has 1 nitrogen and oxygen atoms in total. The Balaban J connectivity index is 1.21. The second-order valence-electron chi connectivity index (χ2n) is 12.5. The molecule has 0 amide bonds. The molecule has 0 aliphatic rings. The van der Waals surface area contributed by atoms with Crippen LogP contribution in [0.5, 0.6) is 0 Å². The van der Waals surface area contributed by atoms with Crippen molar-refractivity contribution in [2.75, 3.05) is 4.90 Å². The van der Waals surface area contributed by atoms with Gasteiger partial charge in [0.25, 0.3) is 0 Å². The fraction of sp³-hybridized carbons (Fsp3) is 0. The number of thiophene rings is 1. The Hall–Kier alpha value is -5.96. The van der Waals surface area contributed by atoms with Crippen molar-refractivity contribution in [1.82, 2.24) is 0 Å². The van der Waals surface area contributed by atoms with Crippen molar-refractivity contribution < 1.29 is 0 Å². The van der Waals surface area contributed by atoms with E-state index in [4.69, 9.17) is 0 Å². The molecule has 10 aromatic rings. The summed E-state index contributed by atoms with van der Waals surface area (Å²) >= 11 is 1.89. The van der Waals surface area contributed by atoms with Gasteiger partial charge >= 0.3 is 0 Å². The zero-order chi connectivity index (χ0) is 31.6. The molecule has 48 heavy (non-hydrogen) atoms. The van der Waals surface area contributed by atoms with E-state index in [0.29, 0.717) is 0 Å². The van der Waals surface area contributed by atoms with E-state index in [1.54, 1.807) is 0 Å². The van der Waals surface area contributed by atoms with Crippen LogP contribution in [0.3, 0.4) is 0 Å². The van der Waals surface area contributed by atoms with E-state index in [0.717, 1.165) is 11.4 Å². The molecule has 0 fully saturated rings. The molecule has 0 atom stereocenters. The molecule has 1 heterocycles. The van der Waals surface area contributed by atoms with Gasteiger partial charge in [0, 0.05) is 42.3 Å². The molecule has 0 radical (unpaired) electrons. The summed E-state index contributed by atoms with van der Waals surface area (Å²) in [6, 6.07) is 64.5. The highest BCUT2D eigenvalue weighted by Crippen LogP contribution is 2.45. The molecule has 0 spiro atoms. The van der Waals surface area contributed by atoms with Crippen LogP contribution in [0.25, 0.3) is 74.4 Å². The molecule has 1 aromatic heterocycles. The van der Waals surface area contributed by atoms with E-state index >= 15 is 0 Å². The van der Waals surface area contributed by atoms with E-state index < -0.39 is 0 Å². The normalized spacial score (nSPS) is 11.8. The average Bonchev–Trinajstić information content (AvgIpc) is 3.55. The molecule has 2 heteroatoms. The van der Waals surface area contributed by atoms with Crippen molar-refractivity contribution in [1.29, 1.82) is 0 Å². The molecule has 9 aromatic carbocycles. The Morgan fingerprint density at radius 2 is 0.958 bits per heavy atom. The Morgan fingerprint density at radius 1 is 0.354 bits per heavy atom. The van der Waals surface area contributed by atoms with Crippen LogP contribution in [0.1, 0.15) is 0 Å². The van der Waals surface area contributed by atoms with E-state index in [1.807, 2.05) is 11.3 Å². The van der Waals surface area contributed by atoms with Crippen molar-refractivity contribution >= 4 is 91.7 Å². The Kier molecular flexibility index (Phi) is 6.12. The molecular weight excluding hydrogens is 599 g/mol. The minimum absolute atomic E-state index is 1.13. The van der Waals surface area contributed by atoms with Gasteiger partial charge < -0.3 is 4.90 Å². The van der Waals surface area contributed by atoms with E-state index in [-0.39, 0.29) is 0 Å². The minimum atomic E-state index is 1.13. The highest BCUT2D eigenvalue weighted by Gasteiger charge is 2.19. The van der Waals surface area contributed by atoms with Crippen LogP contribution in [0.15, 0.2) is 176 Å². The number of fused-ring (bicyclic) bond motifs is 10. The van der Waals surface area contributed by atoms with Crippen molar-refractivity contribution in [3.05, 3.63) is 176 Å². The highest BCUT2D eigenvalue weighted by atomic mass is 32.1. The predicted molar refractivity (Wildman–Crippen MR) is 209 cm³/mol. The van der Waals surface area contributed by atoms with E-state index in [2.05, 4.69) is 181 Å². The first kappa shape index (κ1) is 27.2. The summed E-state index contributed by atoms with van der Waals surface area (Å²) in [6.07, 6.45) is 0. The number of nitrogens with zero attached hydrogens (tertiary/aromatic N) is 1. The lowest BCUT2D eigenvalue weighted by molar-refractivity contribution is 1.30. The lowest BCUT2D eigenvalue weighted by atomic mass is 9.96. The molecule has 0 aliphatic carbocycles. The Bertz CT molecular complexity index is 2830. The van der Waals surface area contributed by atoms with Crippen LogP contribution in [0.4, 0.5) is 17.1 Å². The first-order chi connectivity index (χ1) is 23.8. The SMILES string of the molecule is c1ccc(-c2ccc(N(c3ccc4c(ccc5ccc6ccccc6c54)c3)c3cccc4c3ccc3c5ccccc5sc43)cc2)cc1. The number of rotatable bonds is 4. The molecule has 10 rings (SSSR count). The highest BCUT2D eigenvalue weighted by molar-refractivity contribution is 7.26. The van der Waals surface area contributed by atoms with Crippen molar-refractivity contribution in [2.45, 2.75) is 0 Å². The first-order valence-corrected chi connectivity index (χ1v) is 17.2. The van der Waals surface area contributed by atoms with Gasteiger partial charge in [-0.05, 0) is 79.8 Å². The smallest absolute Gasteiger partial charge is 0.0540 e. The predicted octanol–water partition coefficient (Wildman–Crippen LogP) is 13.8. The van der Waals surface area contributed by atoms with Gasteiger partial charge in [-0.15, -0.1) is 11.3 Å². The van der Waals surface area contributed by atoms with E-state index in [1.165, 1.54) is 80.1 Å². The van der Waals surface area contributed by atoms with Gasteiger partial charge in [0.2, 0.25) is 0 Å². The van der Waals surface area contributed by atoms with Crippen molar-refractivity contribution in [2.24, 2.45) is 0 Å². The third kappa shape index (κ3) is 4.24. The lowest BCUT2D eigenvalue weighted by Gasteiger charge is -2.27. The summed E-state index contributed by atoms with van der Waals surface area (Å²) in [7, 11) is 0. The first-order valence-electron chi connectivity index (χ1n) is 16.4. The van der Waals surface area contributed by atoms with Crippen molar-refractivity contribution in [3.63, 3.8) is 0 Å². The van der Waals surface area contributed by atoms with Gasteiger partial charge in [0.05, 0.1) is 5.69 Å². The average molecular weight is 628 g/mol. The quantitative estimate of drug-likeness (QED) is 0.176. The van der Waals surface area contributed by atoms with Crippen LogP contribution in [-0.2, 0) is 0 Å². The maximum Gasteiger partial charge on any atom is 0.0540 e. The van der Waals surface area contributed by atoms with Gasteiger partial charge in [0.15, 0.2) is 0 Å². The molecule has 0 aliphatic heterocycles. The van der Waals surface area contributed by atoms with Gasteiger partial charge in [-0.3, -0.25) is 0 Å². The zero-order valence-corrected chi connectivity index (χ0v) is 26.9. The molecule has 224 valence electrons. The number of hydrogen-bond donors (Lipinski definition) is 0. The molecular formula is C46H29NS. The maximum absolute atomic E-state index is 2.43. The number of benzene rings is 9. The van der Waals surface area contributed by atoms with Crippen LogP contribution >= 0.6 is 11.3 Å². The second kappa shape index (κ2) is 10.8. The van der Waals surface area contributed by atoms with Crippen LogP contribution in [-0.4, -0.2) is 0 Å². The molecule has 0 saturated heterocycles. The van der Waals surface area contributed by atoms with Crippen LogP contribution < -0.4 is 4.90 Å². The standard InChI is InChI=1S/C46H29NS/c1-2-9-30(10-3-1)31-21-23-35(24-22-31)47(43-15-8-14-41-39(43)27-28-42-40-13-6-7-16-44(40)48-46(41)42)36-25-26-38-34(29-36)20-19-33-18-17-32-11-4-5-12-37(32)45(33)38/h1-29H. The van der Waals surface area contributed by atoms with Gasteiger partial charge in [-0.1, -0.05) is 140 Å². The topological polar surface area (TPSA) is 3.24 Å². The monoisotopic (exact) mass is 627 g/mol. The third-order valence-corrected chi connectivity index (χ3v) is 11.0. The second-order valence-corrected chi connectivity index (χ2v) is 13.6. The Labute approximate surface area is 282 Å². The fourth-order valence-corrected chi connectivity index (χ4v) is 8.77. The van der Waals surface area contributed by atoms with E-state index in [9.17, 15) is 0 Å². The fourth-order valence-electron chi connectivity index (χ4n) is 7.54. The summed E-state index contributed by atoms with van der Waals surface area (Å²) < 4.78 is 2.67. The third-order valence-electron chi connectivity index (χ3n) is 9.82. The number of anilines is 3. The maximum atomic E-state index is 2.43. The summed E-state index contributed by atoms with van der Waals surface area (Å²) in [4.78, 5) is 2.43. The number of hydrogen-bond acceptors (Lipinski definition) is 2. The molecule has 0 bridgehead atoms. The van der Waals surface area contributed by atoms with Crippen LogP contribution in [0, 0.1) is 0 Å². The summed E-state index contributed by atoms with van der Waals surface area (Å²) in [5, 5.41) is 12.8. The minimum Gasteiger partial charge on any atom is -0.310 e. The lowest BCUT2D eigenvalue weighted by Crippen LogP contribution is -2.10. The molecule has 0 N–H and O–H groups in total. The molecule has 0 unspecified atom stereocenters.